The Morgan fingerprint density at radius 2 is 1.88 bits per heavy atom. The highest BCUT2D eigenvalue weighted by Crippen LogP contribution is 2.27. The first kappa shape index (κ1) is 11.6. The highest BCUT2D eigenvalue weighted by atomic mass is 16.3. The highest BCUT2D eigenvalue weighted by Gasteiger charge is 2.19. The minimum atomic E-state index is -0.425. The number of aliphatic hydroxyl groups excluding tert-OH is 1. The number of amides is 1. The first-order valence-corrected chi connectivity index (χ1v) is 5.62. The molecule has 17 heavy (non-hydrogen) atoms. The Morgan fingerprint density at radius 3 is 2.59 bits per heavy atom. The molecule has 0 aromatic heterocycles. The van der Waals surface area contributed by atoms with Gasteiger partial charge in [0.25, 0.3) is 0 Å². The number of aliphatic hydroxyl groups is 1. The maximum atomic E-state index is 11.4. The quantitative estimate of drug-likeness (QED) is 0.839. The van der Waals surface area contributed by atoms with Gasteiger partial charge in [-0.1, -0.05) is 42.5 Å². The molecule has 2 aromatic rings. The molecular weight excluding hydrogens is 214 g/mol. The summed E-state index contributed by atoms with van der Waals surface area (Å²) < 4.78 is 0. The van der Waals surface area contributed by atoms with Gasteiger partial charge in [-0.15, -0.1) is 0 Å². The Morgan fingerprint density at radius 1 is 1.18 bits per heavy atom. The van der Waals surface area contributed by atoms with Crippen molar-refractivity contribution in [1.29, 1.82) is 0 Å². The summed E-state index contributed by atoms with van der Waals surface area (Å²) in [5.74, 6) is -0.818. The number of hydrogen-bond acceptors (Lipinski definition) is 2. The van der Waals surface area contributed by atoms with Crippen molar-refractivity contribution in [1.82, 2.24) is 0 Å². The molecule has 2 rings (SSSR count). The Labute approximate surface area is 99.9 Å². The van der Waals surface area contributed by atoms with Crippen LogP contribution in [0.3, 0.4) is 0 Å². The Hall–Kier alpha value is -1.87. The molecule has 3 heteroatoms. The van der Waals surface area contributed by atoms with Crippen molar-refractivity contribution in [3.63, 3.8) is 0 Å². The van der Waals surface area contributed by atoms with Crippen molar-refractivity contribution in [3.05, 3.63) is 48.0 Å². The van der Waals surface area contributed by atoms with Gasteiger partial charge in [0.05, 0.1) is 5.92 Å². The fraction of sp³-hybridized carbons (Fsp3) is 0.214. The van der Waals surface area contributed by atoms with Crippen LogP contribution in [-0.2, 0) is 4.79 Å². The van der Waals surface area contributed by atoms with Gasteiger partial charge in [0, 0.05) is 6.61 Å². The Balaban J connectivity index is 2.56. The first-order chi connectivity index (χ1) is 8.24. The topological polar surface area (TPSA) is 63.3 Å². The zero-order valence-electron chi connectivity index (χ0n) is 9.47. The average Bonchev–Trinajstić information content (AvgIpc) is 2.35. The summed E-state index contributed by atoms with van der Waals surface area (Å²) in [5, 5.41) is 11.1. The van der Waals surface area contributed by atoms with Crippen LogP contribution < -0.4 is 5.73 Å². The fourth-order valence-electron chi connectivity index (χ4n) is 2.13. The van der Waals surface area contributed by atoms with E-state index in [9.17, 15) is 4.79 Å². The number of benzene rings is 2. The van der Waals surface area contributed by atoms with E-state index >= 15 is 0 Å². The number of hydrogen-bond donors (Lipinski definition) is 2. The number of nitrogens with two attached hydrogens (primary N) is 1. The van der Waals surface area contributed by atoms with Crippen LogP contribution in [0.25, 0.3) is 10.8 Å². The predicted molar refractivity (Wildman–Crippen MR) is 67.6 cm³/mol. The summed E-state index contributed by atoms with van der Waals surface area (Å²) >= 11 is 0. The van der Waals surface area contributed by atoms with Gasteiger partial charge in [-0.2, -0.15) is 0 Å². The minimum Gasteiger partial charge on any atom is -0.396 e. The summed E-state index contributed by atoms with van der Waals surface area (Å²) in [6.45, 7) is -0.0448. The SMILES string of the molecule is NC(=O)C(CCO)c1cccc2ccccc12. The van der Waals surface area contributed by atoms with E-state index in [0.717, 1.165) is 16.3 Å². The van der Waals surface area contributed by atoms with Crippen LogP contribution in [0.2, 0.25) is 0 Å². The predicted octanol–water partition coefficient (Wildman–Crippen LogP) is 1.79. The van der Waals surface area contributed by atoms with Crippen molar-refractivity contribution < 1.29 is 9.90 Å². The van der Waals surface area contributed by atoms with Crippen molar-refractivity contribution >= 4 is 16.7 Å². The van der Waals surface area contributed by atoms with E-state index in [-0.39, 0.29) is 6.61 Å². The number of carbonyl (C=O) groups is 1. The number of primary amides is 1. The van der Waals surface area contributed by atoms with Crippen LogP contribution in [0.1, 0.15) is 17.9 Å². The summed E-state index contributed by atoms with van der Waals surface area (Å²) in [6, 6.07) is 13.7. The molecule has 88 valence electrons. The highest BCUT2D eigenvalue weighted by molar-refractivity contribution is 5.92. The molecule has 0 spiro atoms. The summed E-state index contributed by atoms with van der Waals surface area (Å²) in [6.07, 6.45) is 0.364. The molecule has 0 saturated carbocycles. The van der Waals surface area contributed by atoms with Crippen molar-refractivity contribution in [2.24, 2.45) is 5.73 Å². The van der Waals surface area contributed by atoms with Crippen LogP contribution in [0.4, 0.5) is 0 Å². The van der Waals surface area contributed by atoms with Gasteiger partial charge in [-0.25, -0.2) is 0 Å². The Kier molecular flexibility index (Phi) is 3.40. The lowest BCUT2D eigenvalue weighted by atomic mass is 9.91. The Bertz CT molecular complexity index is 531. The van der Waals surface area contributed by atoms with E-state index in [0.29, 0.717) is 6.42 Å². The second-order valence-electron chi connectivity index (χ2n) is 4.04. The second kappa shape index (κ2) is 4.97. The number of rotatable bonds is 4. The van der Waals surface area contributed by atoms with E-state index in [1.807, 2.05) is 42.5 Å². The molecule has 0 heterocycles. The van der Waals surface area contributed by atoms with Gasteiger partial charge in [0.2, 0.25) is 5.91 Å². The zero-order chi connectivity index (χ0) is 12.3. The minimum absolute atomic E-state index is 0.0448. The molecule has 0 saturated heterocycles. The average molecular weight is 229 g/mol. The van der Waals surface area contributed by atoms with Crippen molar-refractivity contribution in [3.8, 4) is 0 Å². The van der Waals surface area contributed by atoms with Gasteiger partial charge in [-0.05, 0) is 22.8 Å². The van der Waals surface area contributed by atoms with E-state index in [4.69, 9.17) is 10.8 Å². The van der Waals surface area contributed by atoms with E-state index in [1.54, 1.807) is 0 Å². The number of carbonyl (C=O) groups excluding carboxylic acids is 1. The van der Waals surface area contributed by atoms with Crippen LogP contribution in [0.5, 0.6) is 0 Å². The van der Waals surface area contributed by atoms with E-state index < -0.39 is 11.8 Å². The summed E-state index contributed by atoms with van der Waals surface area (Å²) in [4.78, 5) is 11.4. The normalized spacial score (nSPS) is 12.5. The molecule has 0 bridgehead atoms. The molecule has 0 aliphatic carbocycles. The maximum absolute atomic E-state index is 11.4. The van der Waals surface area contributed by atoms with Gasteiger partial charge >= 0.3 is 0 Å². The maximum Gasteiger partial charge on any atom is 0.225 e. The van der Waals surface area contributed by atoms with Crippen molar-refractivity contribution in [2.45, 2.75) is 12.3 Å². The molecule has 2 aromatic carbocycles. The fourth-order valence-corrected chi connectivity index (χ4v) is 2.13. The lowest BCUT2D eigenvalue weighted by Crippen LogP contribution is -2.22. The molecule has 0 aliphatic heterocycles. The first-order valence-electron chi connectivity index (χ1n) is 5.62. The van der Waals surface area contributed by atoms with Crippen LogP contribution >= 0.6 is 0 Å². The van der Waals surface area contributed by atoms with Gasteiger partial charge in [0.1, 0.15) is 0 Å². The summed E-state index contributed by atoms with van der Waals surface area (Å²) in [5.41, 5.74) is 6.29. The summed E-state index contributed by atoms with van der Waals surface area (Å²) in [7, 11) is 0. The van der Waals surface area contributed by atoms with Crippen LogP contribution in [-0.4, -0.2) is 17.6 Å². The third kappa shape index (κ3) is 2.29. The zero-order valence-corrected chi connectivity index (χ0v) is 9.47. The monoisotopic (exact) mass is 229 g/mol. The molecule has 1 amide bonds. The third-order valence-electron chi connectivity index (χ3n) is 2.96. The van der Waals surface area contributed by atoms with Gasteiger partial charge < -0.3 is 10.8 Å². The molecule has 1 unspecified atom stereocenters. The van der Waals surface area contributed by atoms with E-state index in [1.165, 1.54) is 0 Å². The molecule has 3 nitrogen and oxygen atoms in total. The van der Waals surface area contributed by atoms with Crippen LogP contribution in [0.15, 0.2) is 42.5 Å². The van der Waals surface area contributed by atoms with E-state index in [2.05, 4.69) is 0 Å². The lowest BCUT2D eigenvalue weighted by Gasteiger charge is -2.14. The lowest BCUT2D eigenvalue weighted by molar-refractivity contribution is -0.119. The molecule has 3 N–H and O–H groups in total. The van der Waals surface area contributed by atoms with Gasteiger partial charge in [0.15, 0.2) is 0 Å². The molecular formula is C14H15NO2. The standard InChI is InChI=1S/C14H15NO2/c15-14(17)13(8-9-16)12-7-3-5-10-4-1-2-6-11(10)12/h1-7,13,16H,8-9H2,(H2,15,17). The molecule has 1 atom stereocenters. The molecule has 0 radical (unpaired) electrons. The van der Waals surface area contributed by atoms with Crippen LogP contribution in [0, 0.1) is 0 Å². The number of fused-ring (bicyclic) bond motifs is 1. The van der Waals surface area contributed by atoms with Crippen molar-refractivity contribution in [2.75, 3.05) is 6.61 Å². The second-order valence-corrected chi connectivity index (χ2v) is 4.04. The largest absolute Gasteiger partial charge is 0.396 e. The third-order valence-corrected chi connectivity index (χ3v) is 2.96. The molecule has 0 fully saturated rings. The smallest absolute Gasteiger partial charge is 0.225 e. The van der Waals surface area contributed by atoms with Gasteiger partial charge in [-0.3, -0.25) is 4.79 Å². The molecule has 0 aliphatic rings.